The highest BCUT2D eigenvalue weighted by Gasteiger charge is 2.08. The van der Waals surface area contributed by atoms with E-state index < -0.39 is 5.82 Å². The molecule has 0 aliphatic rings. The molecule has 1 heterocycles. The van der Waals surface area contributed by atoms with Crippen LogP contribution in [0.5, 0.6) is 5.88 Å². The molecule has 1 aromatic heterocycles. The first-order valence-corrected chi connectivity index (χ1v) is 8.49. The minimum Gasteiger partial charge on any atom is -0.473 e. The van der Waals surface area contributed by atoms with Gasteiger partial charge in [-0.3, -0.25) is 4.79 Å². The number of methoxy groups -OCH3 is 1. The maximum Gasteiger partial charge on any atom is 0.309 e. The van der Waals surface area contributed by atoms with E-state index in [1.807, 2.05) is 24.3 Å². The zero-order valence-corrected chi connectivity index (χ0v) is 15.2. The third-order valence-corrected chi connectivity index (χ3v) is 4.04. The molecule has 7 heteroatoms. The van der Waals surface area contributed by atoms with E-state index in [0.717, 1.165) is 11.1 Å². The molecule has 3 aromatic rings. The summed E-state index contributed by atoms with van der Waals surface area (Å²) in [5, 5.41) is 0.330. The molecule has 0 spiro atoms. The summed E-state index contributed by atoms with van der Waals surface area (Å²) in [6.45, 7) is 0.0253. The van der Waals surface area contributed by atoms with Crippen LogP contribution in [0, 0.1) is 5.82 Å². The Labute approximate surface area is 160 Å². The summed E-state index contributed by atoms with van der Waals surface area (Å²) in [5.41, 5.74) is 1.98. The molecule has 0 saturated carbocycles. The van der Waals surface area contributed by atoms with Gasteiger partial charge in [-0.25, -0.2) is 9.37 Å². The van der Waals surface area contributed by atoms with Gasteiger partial charge in [-0.05, 0) is 17.7 Å². The number of aromatic nitrogens is 2. The largest absolute Gasteiger partial charge is 0.473 e. The van der Waals surface area contributed by atoms with Crippen LogP contribution >= 0.6 is 11.6 Å². The lowest BCUT2D eigenvalue weighted by Gasteiger charge is -2.08. The molecule has 0 saturated heterocycles. The highest BCUT2D eigenvalue weighted by molar-refractivity contribution is 6.30. The molecule has 27 heavy (non-hydrogen) atoms. The van der Waals surface area contributed by atoms with E-state index in [-0.39, 0.29) is 19.0 Å². The van der Waals surface area contributed by atoms with Gasteiger partial charge in [-0.1, -0.05) is 41.9 Å². The normalized spacial score (nSPS) is 10.5. The molecule has 0 fully saturated rings. The van der Waals surface area contributed by atoms with Crippen LogP contribution < -0.4 is 4.74 Å². The van der Waals surface area contributed by atoms with Gasteiger partial charge in [0.05, 0.1) is 13.5 Å². The van der Waals surface area contributed by atoms with Crippen molar-refractivity contribution in [1.29, 1.82) is 0 Å². The predicted octanol–water partition coefficient (Wildman–Crippen LogP) is 4.23. The molecular weight excluding hydrogens is 371 g/mol. The molecule has 3 rings (SSSR count). The quantitative estimate of drug-likeness (QED) is 0.593. The molecule has 0 radical (unpaired) electrons. The summed E-state index contributed by atoms with van der Waals surface area (Å²) in [6.07, 6.45) is 1.77. The van der Waals surface area contributed by atoms with Gasteiger partial charge >= 0.3 is 5.97 Å². The van der Waals surface area contributed by atoms with Crippen molar-refractivity contribution in [2.24, 2.45) is 0 Å². The number of carbonyl (C=O) groups is 1. The van der Waals surface area contributed by atoms with Crippen LogP contribution in [0.2, 0.25) is 5.02 Å². The number of benzene rings is 2. The molecular formula is C20H16ClFN2O3. The smallest absolute Gasteiger partial charge is 0.309 e. The Balaban J connectivity index is 1.70. The second-order valence-corrected chi connectivity index (χ2v) is 6.13. The predicted molar refractivity (Wildman–Crippen MR) is 98.9 cm³/mol. The fourth-order valence-electron chi connectivity index (χ4n) is 2.36. The molecule has 0 aliphatic heterocycles. The van der Waals surface area contributed by atoms with E-state index in [9.17, 15) is 9.18 Å². The van der Waals surface area contributed by atoms with Gasteiger partial charge in [0.25, 0.3) is 0 Å². The van der Waals surface area contributed by atoms with Crippen molar-refractivity contribution in [2.75, 3.05) is 7.11 Å². The first-order chi connectivity index (χ1) is 13.0. The standard InChI is InChI=1S/C20H16ClFN2O3/c1-26-19(25)10-13-2-4-14(5-3-13)20-23-9-8-18(24-20)27-12-15-6-7-16(21)11-17(15)22/h2-9,11H,10,12H2,1H3. The van der Waals surface area contributed by atoms with Crippen LogP contribution in [0.4, 0.5) is 4.39 Å². The van der Waals surface area contributed by atoms with E-state index in [1.54, 1.807) is 24.4 Å². The number of ether oxygens (including phenoxy) is 2. The van der Waals surface area contributed by atoms with Crippen LogP contribution in [0.3, 0.4) is 0 Å². The fraction of sp³-hybridized carbons (Fsp3) is 0.150. The van der Waals surface area contributed by atoms with Crippen LogP contribution in [-0.4, -0.2) is 23.0 Å². The van der Waals surface area contributed by atoms with Crippen molar-refractivity contribution in [3.05, 3.63) is 76.7 Å². The number of hydrogen-bond donors (Lipinski definition) is 0. The van der Waals surface area contributed by atoms with Crippen LogP contribution in [0.25, 0.3) is 11.4 Å². The minimum atomic E-state index is -0.432. The lowest BCUT2D eigenvalue weighted by molar-refractivity contribution is -0.139. The summed E-state index contributed by atoms with van der Waals surface area (Å²) < 4.78 is 24.0. The van der Waals surface area contributed by atoms with E-state index >= 15 is 0 Å². The Hall–Kier alpha value is -2.99. The average molecular weight is 387 g/mol. The molecule has 138 valence electrons. The molecule has 0 atom stereocenters. The third kappa shape index (κ3) is 5.01. The van der Waals surface area contributed by atoms with Crippen molar-refractivity contribution < 1.29 is 18.7 Å². The van der Waals surface area contributed by atoms with E-state index in [4.69, 9.17) is 16.3 Å². The third-order valence-electron chi connectivity index (χ3n) is 3.81. The molecule has 0 N–H and O–H groups in total. The first kappa shape index (κ1) is 18.8. The molecule has 5 nitrogen and oxygen atoms in total. The van der Waals surface area contributed by atoms with E-state index in [0.29, 0.717) is 22.3 Å². The van der Waals surface area contributed by atoms with Crippen molar-refractivity contribution in [3.63, 3.8) is 0 Å². The molecule has 2 aromatic carbocycles. The summed E-state index contributed by atoms with van der Waals surface area (Å²) in [7, 11) is 1.35. The Bertz CT molecular complexity index is 948. The summed E-state index contributed by atoms with van der Waals surface area (Å²) >= 11 is 5.74. The Morgan fingerprint density at radius 2 is 1.93 bits per heavy atom. The zero-order valence-electron chi connectivity index (χ0n) is 14.5. The Morgan fingerprint density at radius 1 is 1.15 bits per heavy atom. The second kappa shape index (κ2) is 8.60. The highest BCUT2D eigenvalue weighted by atomic mass is 35.5. The maximum atomic E-state index is 13.8. The summed E-state index contributed by atoms with van der Waals surface area (Å²) in [5.74, 6) is 0.0588. The van der Waals surface area contributed by atoms with Gasteiger partial charge in [-0.15, -0.1) is 0 Å². The molecule has 0 amide bonds. The first-order valence-electron chi connectivity index (χ1n) is 8.11. The fourth-order valence-corrected chi connectivity index (χ4v) is 2.52. The van der Waals surface area contributed by atoms with Gasteiger partial charge in [0.15, 0.2) is 5.82 Å². The van der Waals surface area contributed by atoms with Crippen molar-refractivity contribution in [2.45, 2.75) is 13.0 Å². The number of halogens is 2. The Morgan fingerprint density at radius 3 is 2.63 bits per heavy atom. The lowest BCUT2D eigenvalue weighted by Crippen LogP contribution is -2.04. The molecule has 0 unspecified atom stereocenters. The van der Waals surface area contributed by atoms with Crippen molar-refractivity contribution in [1.82, 2.24) is 9.97 Å². The van der Waals surface area contributed by atoms with Crippen molar-refractivity contribution in [3.8, 4) is 17.3 Å². The number of carbonyl (C=O) groups excluding carboxylic acids is 1. The molecule has 0 bridgehead atoms. The van der Waals surface area contributed by atoms with Crippen molar-refractivity contribution >= 4 is 17.6 Å². The van der Waals surface area contributed by atoms with Gasteiger partial charge in [0.1, 0.15) is 12.4 Å². The van der Waals surface area contributed by atoms with E-state index in [1.165, 1.54) is 13.2 Å². The number of rotatable bonds is 6. The van der Waals surface area contributed by atoms with Crippen LogP contribution in [0.1, 0.15) is 11.1 Å². The summed E-state index contributed by atoms with van der Waals surface area (Å²) in [6, 6.07) is 13.3. The lowest BCUT2D eigenvalue weighted by atomic mass is 10.1. The monoisotopic (exact) mass is 386 g/mol. The number of esters is 1. The van der Waals surface area contributed by atoms with Crippen LogP contribution in [-0.2, 0) is 22.6 Å². The van der Waals surface area contributed by atoms with Gasteiger partial charge in [-0.2, -0.15) is 4.98 Å². The van der Waals surface area contributed by atoms with Gasteiger partial charge in [0, 0.05) is 28.4 Å². The number of nitrogens with zero attached hydrogens (tertiary/aromatic N) is 2. The van der Waals surface area contributed by atoms with Crippen LogP contribution in [0.15, 0.2) is 54.7 Å². The highest BCUT2D eigenvalue weighted by Crippen LogP contribution is 2.20. The maximum absolute atomic E-state index is 13.8. The zero-order chi connectivity index (χ0) is 19.2. The van der Waals surface area contributed by atoms with Gasteiger partial charge < -0.3 is 9.47 Å². The second-order valence-electron chi connectivity index (χ2n) is 5.69. The topological polar surface area (TPSA) is 61.3 Å². The van der Waals surface area contributed by atoms with Gasteiger partial charge in [0.2, 0.25) is 5.88 Å². The SMILES string of the molecule is COC(=O)Cc1ccc(-c2nccc(OCc3ccc(Cl)cc3F)n2)cc1. The molecule has 0 aliphatic carbocycles. The number of hydrogen-bond acceptors (Lipinski definition) is 5. The summed E-state index contributed by atoms with van der Waals surface area (Å²) in [4.78, 5) is 19.9. The average Bonchev–Trinajstić information content (AvgIpc) is 2.68. The van der Waals surface area contributed by atoms with E-state index in [2.05, 4.69) is 14.7 Å². The Kier molecular flexibility index (Phi) is 5.98. The minimum absolute atomic E-state index is 0.0253.